The zero-order chi connectivity index (χ0) is 7.33. The number of aliphatic hydroxyl groups is 1. The maximum absolute atomic E-state index is 9.52. The maximum Gasteiger partial charge on any atom is 0.115 e. The van der Waals surface area contributed by atoms with Gasteiger partial charge in [-0.3, -0.25) is 5.32 Å². The van der Waals surface area contributed by atoms with Crippen LogP contribution in [0, 0.1) is 0 Å². The molecule has 0 bridgehead atoms. The van der Waals surface area contributed by atoms with Crippen molar-refractivity contribution < 1.29 is 5.11 Å². The van der Waals surface area contributed by atoms with Crippen LogP contribution in [0.15, 0.2) is 0 Å². The first kappa shape index (κ1) is 8.92. The molecule has 0 rings (SSSR count). The van der Waals surface area contributed by atoms with Crippen molar-refractivity contribution in [1.29, 1.82) is 0 Å². The van der Waals surface area contributed by atoms with Gasteiger partial charge in [-0.1, -0.05) is 20.3 Å². The van der Waals surface area contributed by atoms with Gasteiger partial charge in [0.15, 0.2) is 0 Å². The lowest BCUT2D eigenvalue weighted by Gasteiger charge is -2.25. The number of hydrogen-bond donors (Lipinski definition) is 2. The Hall–Kier alpha value is -0.0800. The van der Waals surface area contributed by atoms with Crippen molar-refractivity contribution in [3.8, 4) is 0 Å². The van der Waals surface area contributed by atoms with E-state index in [1.165, 1.54) is 0 Å². The fourth-order valence-corrected chi connectivity index (χ4v) is 0.892. The molecule has 0 fully saturated rings. The molecule has 1 unspecified atom stereocenters. The highest BCUT2D eigenvalue weighted by atomic mass is 16.3. The molecule has 0 aliphatic heterocycles. The van der Waals surface area contributed by atoms with Gasteiger partial charge in [0.25, 0.3) is 0 Å². The van der Waals surface area contributed by atoms with E-state index in [0.717, 1.165) is 19.3 Å². The van der Waals surface area contributed by atoms with E-state index >= 15 is 0 Å². The summed E-state index contributed by atoms with van der Waals surface area (Å²) in [5, 5.41) is 12.4. The van der Waals surface area contributed by atoms with Crippen LogP contribution in [0.4, 0.5) is 0 Å². The zero-order valence-corrected chi connectivity index (χ0v) is 6.57. The third-order valence-corrected chi connectivity index (χ3v) is 1.71. The number of nitrogens with one attached hydrogen (secondary N) is 1. The first-order chi connectivity index (χ1) is 4.18. The van der Waals surface area contributed by atoms with Gasteiger partial charge in [0.05, 0.1) is 0 Å². The Morgan fingerprint density at radius 1 is 1.44 bits per heavy atom. The molecule has 0 spiro atoms. The van der Waals surface area contributed by atoms with Crippen LogP contribution in [-0.4, -0.2) is 17.9 Å². The average Bonchev–Trinajstić information content (AvgIpc) is 1.89. The van der Waals surface area contributed by atoms with Crippen molar-refractivity contribution >= 4 is 0 Å². The Labute approximate surface area is 57.3 Å². The van der Waals surface area contributed by atoms with E-state index in [4.69, 9.17) is 0 Å². The first-order valence-corrected chi connectivity index (χ1v) is 3.59. The van der Waals surface area contributed by atoms with Crippen LogP contribution in [0.25, 0.3) is 0 Å². The summed E-state index contributed by atoms with van der Waals surface area (Å²) in [4.78, 5) is 0. The lowest BCUT2D eigenvalue weighted by molar-refractivity contribution is 0.0000467. The molecule has 0 aromatic heterocycles. The van der Waals surface area contributed by atoms with Gasteiger partial charge in [-0.2, -0.15) is 0 Å². The van der Waals surface area contributed by atoms with E-state index in [2.05, 4.69) is 12.2 Å². The van der Waals surface area contributed by atoms with Crippen LogP contribution < -0.4 is 5.32 Å². The fourth-order valence-electron chi connectivity index (χ4n) is 0.892. The molecular weight excluding hydrogens is 114 g/mol. The van der Waals surface area contributed by atoms with Crippen molar-refractivity contribution in [3.05, 3.63) is 0 Å². The standard InChI is InChI=1S/C7H17NO/c1-4-6-7(9,5-2)8-3/h8-9H,4-6H2,1-3H3. The van der Waals surface area contributed by atoms with Crippen LogP contribution in [0.5, 0.6) is 0 Å². The van der Waals surface area contributed by atoms with Crippen LogP contribution in [-0.2, 0) is 0 Å². The molecule has 0 amide bonds. The minimum Gasteiger partial charge on any atom is -0.376 e. The van der Waals surface area contributed by atoms with Crippen LogP contribution in [0.2, 0.25) is 0 Å². The van der Waals surface area contributed by atoms with Gasteiger partial charge in [0.2, 0.25) is 0 Å². The SMILES string of the molecule is CCCC(O)(CC)NC. The van der Waals surface area contributed by atoms with Crippen molar-refractivity contribution in [2.24, 2.45) is 0 Å². The molecular formula is C7H17NO. The number of hydrogen-bond acceptors (Lipinski definition) is 2. The molecule has 0 heterocycles. The van der Waals surface area contributed by atoms with Crippen molar-refractivity contribution in [3.63, 3.8) is 0 Å². The Morgan fingerprint density at radius 3 is 2.11 bits per heavy atom. The number of rotatable bonds is 4. The molecule has 0 aliphatic rings. The minimum absolute atomic E-state index is 0.616. The molecule has 0 saturated carbocycles. The normalized spacial score (nSPS) is 17.3. The maximum atomic E-state index is 9.52. The van der Waals surface area contributed by atoms with Gasteiger partial charge in [0.1, 0.15) is 5.72 Å². The molecule has 0 radical (unpaired) electrons. The second kappa shape index (κ2) is 3.85. The molecule has 0 saturated heterocycles. The van der Waals surface area contributed by atoms with E-state index < -0.39 is 5.72 Å². The Kier molecular flexibility index (Phi) is 3.82. The average molecular weight is 131 g/mol. The summed E-state index contributed by atoms with van der Waals surface area (Å²) in [6, 6.07) is 0. The summed E-state index contributed by atoms with van der Waals surface area (Å²) >= 11 is 0. The molecule has 2 nitrogen and oxygen atoms in total. The molecule has 2 N–H and O–H groups in total. The highest BCUT2D eigenvalue weighted by Gasteiger charge is 2.19. The van der Waals surface area contributed by atoms with Crippen LogP contribution >= 0.6 is 0 Å². The highest BCUT2D eigenvalue weighted by molar-refractivity contribution is 4.69. The Balaban J connectivity index is 3.62. The fraction of sp³-hybridized carbons (Fsp3) is 1.00. The van der Waals surface area contributed by atoms with Crippen molar-refractivity contribution in [1.82, 2.24) is 5.32 Å². The lowest BCUT2D eigenvalue weighted by Crippen LogP contribution is -2.41. The third kappa shape index (κ3) is 2.82. The van der Waals surface area contributed by atoms with Crippen molar-refractivity contribution in [2.45, 2.75) is 38.8 Å². The van der Waals surface area contributed by atoms with E-state index in [-0.39, 0.29) is 0 Å². The smallest absolute Gasteiger partial charge is 0.115 e. The summed E-state index contributed by atoms with van der Waals surface area (Å²) in [7, 11) is 1.79. The van der Waals surface area contributed by atoms with Gasteiger partial charge < -0.3 is 5.11 Å². The Morgan fingerprint density at radius 2 is 2.00 bits per heavy atom. The summed E-state index contributed by atoms with van der Waals surface area (Å²) in [6.07, 6.45) is 2.63. The van der Waals surface area contributed by atoms with Crippen molar-refractivity contribution in [2.75, 3.05) is 7.05 Å². The minimum atomic E-state index is -0.616. The van der Waals surface area contributed by atoms with Gasteiger partial charge >= 0.3 is 0 Å². The van der Waals surface area contributed by atoms with E-state index in [1.54, 1.807) is 7.05 Å². The van der Waals surface area contributed by atoms with Crippen LogP contribution in [0.1, 0.15) is 33.1 Å². The van der Waals surface area contributed by atoms with E-state index in [1.807, 2.05) is 6.92 Å². The molecule has 0 aliphatic carbocycles. The summed E-state index contributed by atoms with van der Waals surface area (Å²) in [6.45, 7) is 4.05. The largest absolute Gasteiger partial charge is 0.376 e. The van der Waals surface area contributed by atoms with Gasteiger partial charge in [-0.15, -0.1) is 0 Å². The van der Waals surface area contributed by atoms with Gasteiger partial charge in [0, 0.05) is 0 Å². The molecule has 9 heavy (non-hydrogen) atoms. The molecule has 0 aromatic rings. The molecule has 1 atom stereocenters. The van der Waals surface area contributed by atoms with E-state index in [9.17, 15) is 5.11 Å². The molecule has 0 aromatic carbocycles. The van der Waals surface area contributed by atoms with E-state index in [0.29, 0.717) is 0 Å². The molecule has 2 heteroatoms. The summed E-state index contributed by atoms with van der Waals surface area (Å²) in [5.41, 5.74) is -0.616. The summed E-state index contributed by atoms with van der Waals surface area (Å²) in [5.74, 6) is 0. The third-order valence-electron chi connectivity index (χ3n) is 1.71. The summed E-state index contributed by atoms with van der Waals surface area (Å²) < 4.78 is 0. The predicted octanol–water partition coefficient (Wildman–Crippen LogP) is 1.10. The monoisotopic (exact) mass is 131 g/mol. The zero-order valence-electron chi connectivity index (χ0n) is 6.57. The topological polar surface area (TPSA) is 32.3 Å². The van der Waals surface area contributed by atoms with Crippen LogP contribution in [0.3, 0.4) is 0 Å². The molecule has 56 valence electrons. The Bertz CT molecular complexity index is 69.3. The highest BCUT2D eigenvalue weighted by Crippen LogP contribution is 2.11. The lowest BCUT2D eigenvalue weighted by atomic mass is 10.1. The first-order valence-electron chi connectivity index (χ1n) is 3.59. The second-order valence-electron chi connectivity index (χ2n) is 2.39. The van der Waals surface area contributed by atoms with Gasteiger partial charge in [-0.25, -0.2) is 0 Å². The second-order valence-corrected chi connectivity index (χ2v) is 2.39. The quantitative estimate of drug-likeness (QED) is 0.560. The predicted molar refractivity (Wildman–Crippen MR) is 39.2 cm³/mol. The van der Waals surface area contributed by atoms with Gasteiger partial charge in [-0.05, 0) is 19.9 Å².